The third-order valence-electron chi connectivity index (χ3n) is 2.83. The van der Waals surface area contributed by atoms with Crippen LogP contribution in [0.2, 0.25) is 0 Å². The number of nitrogens with zero attached hydrogens (tertiary/aromatic N) is 1. The maximum Gasteiger partial charge on any atom is 0.413 e. The van der Waals surface area contributed by atoms with Crippen molar-refractivity contribution in [2.24, 2.45) is 0 Å². The van der Waals surface area contributed by atoms with Crippen LogP contribution in [0.5, 0.6) is 0 Å². The first-order valence-corrected chi connectivity index (χ1v) is 7.21. The highest BCUT2D eigenvalue weighted by molar-refractivity contribution is 5.84. The van der Waals surface area contributed by atoms with Crippen molar-refractivity contribution in [3.8, 4) is 0 Å². The molecule has 1 aromatic heterocycles. The van der Waals surface area contributed by atoms with E-state index in [2.05, 4.69) is 33.0 Å². The van der Waals surface area contributed by atoms with Crippen molar-refractivity contribution in [2.45, 2.75) is 39.5 Å². The topological polar surface area (TPSA) is 79.0 Å². The Balaban J connectivity index is 1.86. The molecule has 0 radical (unpaired) electrons. The second-order valence-corrected chi connectivity index (χ2v) is 5.99. The Morgan fingerprint density at radius 3 is 2.64 bits per heavy atom. The summed E-state index contributed by atoms with van der Waals surface area (Å²) in [6, 6.07) is 10.1. The quantitative estimate of drug-likeness (QED) is 0.793. The van der Waals surface area contributed by atoms with Gasteiger partial charge < -0.3 is 10.1 Å². The third kappa shape index (κ3) is 5.21. The van der Waals surface area contributed by atoms with Gasteiger partial charge in [0.2, 0.25) is 0 Å². The van der Waals surface area contributed by atoms with Crippen LogP contribution in [0.4, 0.5) is 10.6 Å². The zero-order valence-corrected chi connectivity index (χ0v) is 13.1. The van der Waals surface area contributed by atoms with Crippen molar-refractivity contribution >= 4 is 11.9 Å². The van der Waals surface area contributed by atoms with Crippen molar-refractivity contribution in [3.05, 3.63) is 47.7 Å². The summed E-state index contributed by atoms with van der Waals surface area (Å²) >= 11 is 0. The molecule has 0 atom stereocenters. The summed E-state index contributed by atoms with van der Waals surface area (Å²) in [6.45, 7) is 6.81. The molecule has 1 amide bonds. The smallest absolute Gasteiger partial charge is 0.413 e. The van der Waals surface area contributed by atoms with E-state index in [-0.39, 0.29) is 0 Å². The van der Waals surface area contributed by atoms with Crippen LogP contribution in [0.15, 0.2) is 36.5 Å². The van der Waals surface area contributed by atoms with E-state index >= 15 is 0 Å². The van der Waals surface area contributed by atoms with Crippen molar-refractivity contribution in [1.82, 2.24) is 15.5 Å². The molecule has 6 heteroatoms. The molecular weight excluding hydrogens is 280 g/mol. The van der Waals surface area contributed by atoms with Crippen LogP contribution in [-0.2, 0) is 17.8 Å². The van der Waals surface area contributed by atoms with E-state index in [0.717, 1.165) is 12.1 Å². The van der Waals surface area contributed by atoms with Crippen molar-refractivity contribution < 1.29 is 9.53 Å². The molecule has 1 aromatic carbocycles. The van der Waals surface area contributed by atoms with Gasteiger partial charge in [0.25, 0.3) is 0 Å². The first kappa shape index (κ1) is 16.0. The van der Waals surface area contributed by atoms with E-state index < -0.39 is 11.7 Å². The molecule has 118 valence electrons. The molecule has 0 aliphatic carbocycles. The molecule has 2 aromatic rings. The summed E-state index contributed by atoms with van der Waals surface area (Å²) in [6.07, 6.45) is 1.19. The van der Waals surface area contributed by atoms with E-state index in [1.165, 1.54) is 5.56 Å². The van der Waals surface area contributed by atoms with Crippen molar-refractivity contribution in [3.63, 3.8) is 0 Å². The maximum atomic E-state index is 11.8. The van der Waals surface area contributed by atoms with Gasteiger partial charge in [-0.25, -0.2) is 4.79 Å². The lowest BCUT2D eigenvalue weighted by molar-refractivity contribution is 0.0635. The number of hydrogen-bond donors (Lipinski definition) is 3. The summed E-state index contributed by atoms with van der Waals surface area (Å²) in [5.74, 6) is 0.551. The van der Waals surface area contributed by atoms with Crippen LogP contribution >= 0.6 is 0 Å². The highest BCUT2D eigenvalue weighted by Gasteiger charge is 2.17. The fraction of sp³-hybridized carbons (Fsp3) is 0.375. The summed E-state index contributed by atoms with van der Waals surface area (Å²) in [4.78, 5) is 11.8. The maximum absolute atomic E-state index is 11.8. The summed E-state index contributed by atoms with van der Waals surface area (Å²) in [5, 5.41) is 12.7. The molecule has 0 spiro atoms. The SMILES string of the molecule is CC(C)(C)OC(=O)Nc1[nH]ncc1CNCc1ccccc1. The summed E-state index contributed by atoms with van der Waals surface area (Å²) < 4.78 is 5.22. The molecule has 0 fully saturated rings. The highest BCUT2D eigenvalue weighted by Crippen LogP contribution is 2.14. The first-order chi connectivity index (χ1) is 10.4. The van der Waals surface area contributed by atoms with E-state index in [0.29, 0.717) is 12.4 Å². The van der Waals surface area contributed by atoms with E-state index in [1.807, 2.05) is 39.0 Å². The number of amides is 1. The number of carbonyl (C=O) groups excluding carboxylic acids is 1. The van der Waals surface area contributed by atoms with Gasteiger partial charge in [0, 0.05) is 18.7 Å². The van der Waals surface area contributed by atoms with Crippen LogP contribution < -0.4 is 10.6 Å². The van der Waals surface area contributed by atoms with Crippen LogP contribution in [0.25, 0.3) is 0 Å². The summed E-state index contributed by atoms with van der Waals surface area (Å²) in [7, 11) is 0. The zero-order valence-electron chi connectivity index (χ0n) is 13.1. The standard InChI is InChI=1S/C16H22N4O2/c1-16(2,3)22-15(21)19-14-13(11-18-20-14)10-17-9-12-7-5-4-6-8-12/h4-8,11,17H,9-10H2,1-3H3,(H2,18,19,20,21). The normalized spacial score (nSPS) is 11.2. The minimum atomic E-state index is -0.532. The van der Waals surface area contributed by atoms with Crippen LogP contribution in [0.3, 0.4) is 0 Å². The van der Waals surface area contributed by atoms with Gasteiger partial charge in [-0.2, -0.15) is 5.10 Å². The van der Waals surface area contributed by atoms with Crippen LogP contribution in [-0.4, -0.2) is 21.9 Å². The number of hydrogen-bond acceptors (Lipinski definition) is 4. The molecule has 22 heavy (non-hydrogen) atoms. The molecule has 0 bridgehead atoms. The fourth-order valence-corrected chi connectivity index (χ4v) is 1.90. The number of anilines is 1. The first-order valence-electron chi connectivity index (χ1n) is 7.21. The Morgan fingerprint density at radius 1 is 1.23 bits per heavy atom. The number of carbonyl (C=O) groups is 1. The van der Waals surface area contributed by atoms with Gasteiger partial charge in [-0.3, -0.25) is 10.4 Å². The lowest BCUT2D eigenvalue weighted by Crippen LogP contribution is -2.27. The second-order valence-electron chi connectivity index (χ2n) is 5.99. The number of aromatic nitrogens is 2. The van der Waals surface area contributed by atoms with Gasteiger partial charge in [-0.05, 0) is 26.3 Å². The molecule has 0 aliphatic rings. The molecule has 6 nitrogen and oxygen atoms in total. The average Bonchev–Trinajstić information content (AvgIpc) is 2.85. The third-order valence-corrected chi connectivity index (χ3v) is 2.83. The van der Waals surface area contributed by atoms with Gasteiger partial charge in [-0.15, -0.1) is 0 Å². The van der Waals surface area contributed by atoms with E-state index in [4.69, 9.17) is 4.74 Å². The highest BCUT2D eigenvalue weighted by atomic mass is 16.6. The molecule has 1 heterocycles. The van der Waals surface area contributed by atoms with Gasteiger partial charge in [-0.1, -0.05) is 30.3 Å². The largest absolute Gasteiger partial charge is 0.444 e. The predicted molar refractivity (Wildman–Crippen MR) is 85.4 cm³/mol. The minimum Gasteiger partial charge on any atom is -0.444 e. The van der Waals surface area contributed by atoms with Gasteiger partial charge in [0.1, 0.15) is 11.4 Å². The van der Waals surface area contributed by atoms with Gasteiger partial charge in [0.15, 0.2) is 0 Å². The number of rotatable bonds is 5. The molecule has 0 aliphatic heterocycles. The zero-order chi connectivity index (χ0) is 16.0. The lowest BCUT2D eigenvalue weighted by atomic mass is 10.2. The van der Waals surface area contributed by atoms with Crippen LogP contribution in [0.1, 0.15) is 31.9 Å². The lowest BCUT2D eigenvalue weighted by Gasteiger charge is -2.19. The molecule has 0 saturated heterocycles. The van der Waals surface area contributed by atoms with Crippen molar-refractivity contribution in [1.29, 1.82) is 0 Å². The second kappa shape index (κ2) is 7.09. The monoisotopic (exact) mass is 302 g/mol. The molecule has 0 saturated carbocycles. The molecular formula is C16H22N4O2. The Bertz CT molecular complexity index is 602. The Morgan fingerprint density at radius 2 is 1.95 bits per heavy atom. The Kier molecular flexibility index (Phi) is 5.16. The average molecular weight is 302 g/mol. The Hall–Kier alpha value is -2.34. The molecule has 0 unspecified atom stereocenters. The summed E-state index contributed by atoms with van der Waals surface area (Å²) in [5.41, 5.74) is 1.55. The predicted octanol–water partition coefficient (Wildman–Crippen LogP) is 3.05. The minimum absolute atomic E-state index is 0.499. The number of aromatic amines is 1. The Labute approximate surface area is 130 Å². The van der Waals surface area contributed by atoms with E-state index in [9.17, 15) is 4.79 Å². The van der Waals surface area contributed by atoms with Gasteiger partial charge in [0.05, 0.1) is 6.20 Å². The number of ether oxygens (including phenoxy) is 1. The number of H-pyrrole nitrogens is 1. The molecule has 3 N–H and O–H groups in total. The number of nitrogens with one attached hydrogen (secondary N) is 3. The molecule has 2 rings (SSSR count). The van der Waals surface area contributed by atoms with E-state index in [1.54, 1.807) is 6.20 Å². The van der Waals surface area contributed by atoms with Crippen LogP contribution in [0, 0.1) is 0 Å². The fourth-order valence-electron chi connectivity index (χ4n) is 1.90. The van der Waals surface area contributed by atoms with Gasteiger partial charge >= 0.3 is 6.09 Å². The van der Waals surface area contributed by atoms with Crippen molar-refractivity contribution in [2.75, 3.05) is 5.32 Å². The number of benzene rings is 1.